The van der Waals surface area contributed by atoms with Crippen LogP contribution in [0.25, 0.3) is 0 Å². The number of carbonyl (C=O) groups is 2. The Labute approximate surface area is 133 Å². The number of anilines is 1. The van der Waals surface area contributed by atoms with Crippen molar-refractivity contribution < 1.29 is 14.3 Å². The van der Waals surface area contributed by atoms with Crippen LogP contribution in [0.5, 0.6) is 0 Å². The van der Waals surface area contributed by atoms with Crippen molar-refractivity contribution in [2.24, 2.45) is 0 Å². The molecule has 0 aliphatic carbocycles. The summed E-state index contributed by atoms with van der Waals surface area (Å²) in [5, 5.41) is 2.81. The predicted octanol–water partition coefficient (Wildman–Crippen LogP) is 3.59. The highest BCUT2D eigenvalue weighted by Crippen LogP contribution is 2.15. The molecule has 1 N–H and O–H groups in total. The number of esters is 1. The minimum absolute atomic E-state index is 0.261. The number of amides is 1. The van der Waals surface area contributed by atoms with Crippen LogP contribution in [0.1, 0.15) is 26.3 Å². The molecule has 0 unspecified atom stereocenters. The summed E-state index contributed by atoms with van der Waals surface area (Å²) in [6.07, 6.45) is 2.05. The molecule has 0 saturated carbocycles. The summed E-state index contributed by atoms with van der Waals surface area (Å²) in [5.41, 5.74) is 2.69. The summed E-state index contributed by atoms with van der Waals surface area (Å²) in [6.45, 7) is 0. The highest BCUT2D eigenvalue weighted by molar-refractivity contribution is 7.97. The Bertz CT molecular complexity index is 668. The van der Waals surface area contributed by atoms with Gasteiger partial charge in [0.25, 0.3) is 5.91 Å². The van der Waals surface area contributed by atoms with Crippen LogP contribution in [0.3, 0.4) is 0 Å². The van der Waals surface area contributed by atoms with E-state index in [1.54, 1.807) is 30.0 Å². The first-order valence-electron chi connectivity index (χ1n) is 6.71. The van der Waals surface area contributed by atoms with Gasteiger partial charge in [0.05, 0.1) is 12.7 Å². The summed E-state index contributed by atoms with van der Waals surface area (Å²) < 4.78 is 4.65. The van der Waals surface area contributed by atoms with E-state index < -0.39 is 5.97 Å². The summed E-state index contributed by atoms with van der Waals surface area (Å²) in [6, 6.07) is 14.1. The molecule has 2 rings (SSSR count). The monoisotopic (exact) mass is 315 g/mol. The maximum Gasteiger partial charge on any atom is 0.337 e. The molecule has 1 amide bonds. The number of ether oxygens (including phenoxy) is 1. The molecule has 0 aliphatic rings. The van der Waals surface area contributed by atoms with Gasteiger partial charge in [-0.05, 0) is 42.2 Å². The van der Waals surface area contributed by atoms with E-state index in [1.807, 2.05) is 30.5 Å². The zero-order chi connectivity index (χ0) is 15.9. The van der Waals surface area contributed by atoms with E-state index in [0.717, 1.165) is 11.4 Å². The van der Waals surface area contributed by atoms with Gasteiger partial charge in [-0.25, -0.2) is 4.79 Å². The molecule has 0 atom stereocenters. The van der Waals surface area contributed by atoms with Gasteiger partial charge in [0.1, 0.15) is 0 Å². The second-order valence-corrected chi connectivity index (χ2v) is 5.52. The van der Waals surface area contributed by atoms with Crippen LogP contribution in [-0.4, -0.2) is 25.2 Å². The first kappa shape index (κ1) is 16.1. The van der Waals surface area contributed by atoms with Gasteiger partial charge in [-0.15, -0.1) is 0 Å². The Morgan fingerprint density at radius 2 is 1.77 bits per heavy atom. The third-order valence-corrected chi connectivity index (χ3v) is 3.69. The molecule has 114 valence electrons. The van der Waals surface area contributed by atoms with Crippen LogP contribution in [0.2, 0.25) is 0 Å². The highest BCUT2D eigenvalue weighted by Gasteiger charge is 2.10. The molecule has 2 aromatic carbocycles. The Morgan fingerprint density at radius 3 is 2.41 bits per heavy atom. The zero-order valence-corrected chi connectivity index (χ0v) is 13.3. The lowest BCUT2D eigenvalue weighted by atomic mass is 10.1. The molecular formula is C17H17NO3S. The normalized spacial score (nSPS) is 10.1. The fraction of sp³-hybridized carbons (Fsp3) is 0.176. The zero-order valence-electron chi connectivity index (χ0n) is 12.5. The number of hydrogen-bond acceptors (Lipinski definition) is 4. The van der Waals surface area contributed by atoms with Crippen LogP contribution >= 0.6 is 11.8 Å². The number of carbonyl (C=O) groups excluding carboxylic acids is 2. The smallest absolute Gasteiger partial charge is 0.337 e. The molecule has 0 spiro atoms. The number of thioether (sulfide) groups is 1. The molecule has 0 heterocycles. The average molecular weight is 315 g/mol. The maximum atomic E-state index is 12.2. The van der Waals surface area contributed by atoms with Crippen molar-refractivity contribution in [3.63, 3.8) is 0 Å². The summed E-state index contributed by atoms with van der Waals surface area (Å²) >= 11 is 1.75. The van der Waals surface area contributed by atoms with E-state index in [-0.39, 0.29) is 5.91 Å². The van der Waals surface area contributed by atoms with Crippen molar-refractivity contribution in [2.75, 3.05) is 18.7 Å². The predicted molar refractivity (Wildman–Crippen MR) is 89.4 cm³/mol. The lowest BCUT2D eigenvalue weighted by molar-refractivity contribution is 0.0600. The molecule has 0 saturated heterocycles. The topological polar surface area (TPSA) is 55.4 Å². The number of benzene rings is 2. The minimum Gasteiger partial charge on any atom is -0.465 e. The van der Waals surface area contributed by atoms with Crippen molar-refractivity contribution in [1.29, 1.82) is 0 Å². The molecular weight excluding hydrogens is 298 g/mol. The summed E-state index contributed by atoms with van der Waals surface area (Å²) in [5.74, 6) is 0.217. The first-order chi connectivity index (χ1) is 10.6. The summed E-state index contributed by atoms with van der Waals surface area (Å²) in [4.78, 5) is 23.7. The van der Waals surface area contributed by atoms with Gasteiger partial charge in [0.15, 0.2) is 0 Å². The average Bonchev–Trinajstić information content (AvgIpc) is 2.56. The first-order valence-corrected chi connectivity index (χ1v) is 8.11. The molecule has 5 heteroatoms. The molecule has 2 aromatic rings. The quantitative estimate of drug-likeness (QED) is 0.857. The highest BCUT2D eigenvalue weighted by atomic mass is 32.2. The van der Waals surface area contributed by atoms with E-state index in [4.69, 9.17) is 0 Å². The van der Waals surface area contributed by atoms with Crippen LogP contribution in [0.4, 0.5) is 5.69 Å². The van der Waals surface area contributed by atoms with Gasteiger partial charge in [0.2, 0.25) is 0 Å². The van der Waals surface area contributed by atoms with E-state index >= 15 is 0 Å². The molecule has 0 radical (unpaired) electrons. The van der Waals surface area contributed by atoms with Crippen LogP contribution in [0, 0.1) is 0 Å². The molecule has 0 bridgehead atoms. The van der Waals surface area contributed by atoms with Crippen LogP contribution < -0.4 is 5.32 Å². The molecule has 0 aliphatic heterocycles. The third-order valence-electron chi connectivity index (χ3n) is 3.07. The van der Waals surface area contributed by atoms with Gasteiger partial charge < -0.3 is 10.1 Å². The van der Waals surface area contributed by atoms with Crippen molar-refractivity contribution in [3.8, 4) is 0 Å². The van der Waals surface area contributed by atoms with Gasteiger partial charge in [-0.3, -0.25) is 4.79 Å². The number of methoxy groups -OCH3 is 1. The Balaban J connectivity index is 2.10. The number of hydrogen-bond donors (Lipinski definition) is 1. The van der Waals surface area contributed by atoms with E-state index in [9.17, 15) is 9.59 Å². The molecule has 22 heavy (non-hydrogen) atoms. The summed E-state index contributed by atoms with van der Waals surface area (Å²) in [7, 11) is 1.31. The Kier molecular flexibility index (Phi) is 5.61. The minimum atomic E-state index is -0.462. The lowest BCUT2D eigenvalue weighted by Gasteiger charge is -2.07. The maximum absolute atomic E-state index is 12.2. The SMILES string of the molecule is COC(=O)c1cccc(C(=O)Nc2ccc(CSC)cc2)c1. The third kappa shape index (κ3) is 4.11. The van der Waals surface area contributed by atoms with Gasteiger partial charge in [-0.1, -0.05) is 18.2 Å². The van der Waals surface area contributed by atoms with E-state index in [0.29, 0.717) is 11.1 Å². The molecule has 4 nitrogen and oxygen atoms in total. The molecule has 0 fully saturated rings. The van der Waals surface area contributed by atoms with Crippen LogP contribution in [-0.2, 0) is 10.5 Å². The second-order valence-electron chi connectivity index (χ2n) is 4.66. The van der Waals surface area contributed by atoms with Crippen LogP contribution in [0.15, 0.2) is 48.5 Å². The lowest BCUT2D eigenvalue weighted by Crippen LogP contribution is -2.13. The number of nitrogens with one attached hydrogen (secondary N) is 1. The van der Waals surface area contributed by atoms with Gasteiger partial charge in [0, 0.05) is 17.0 Å². The fourth-order valence-electron chi connectivity index (χ4n) is 1.96. The van der Waals surface area contributed by atoms with Crippen molar-refractivity contribution >= 4 is 29.3 Å². The molecule has 0 aromatic heterocycles. The van der Waals surface area contributed by atoms with Gasteiger partial charge in [-0.2, -0.15) is 11.8 Å². The standard InChI is InChI=1S/C17H17NO3S/c1-21-17(20)14-5-3-4-13(10-14)16(19)18-15-8-6-12(7-9-15)11-22-2/h3-10H,11H2,1-2H3,(H,18,19). The van der Waals surface area contributed by atoms with Crippen molar-refractivity contribution in [3.05, 3.63) is 65.2 Å². The Hall–Kier alpha value is -2.27. The second kappa shape index (κ2) is 7.66. The number of rotatable bonds is 5. The fourth-order valence-corrected chi connectivity index (χ4v) is 2.49. The van der Waals surface area contributed by atoms with E-state index in [2.05, 4.69) is 10.1 Å². The largest absolute Gasteiger partial charge is 0.465 e. The van der Waals surface area contributed by atoms with Gasteiger partial charge >= 0.3 is 5.97 Å². The van der Waals surface area contributed by atoms with Crippen molar-refractivity contribution in [2.45, 2.75) is 5.75 Å². The van der Waals surface area contributed by atoms with Crippen molar-refractivity contribution in [1.82, 2.24) is 0 Å². The Morgan fingerprint density at radius 1 is 1.09 bits per heavy atom. The van der Waals surface area contributed by atoms with E-state index in [1.165, 1.54) is 18.7 Å².